The Balaban J connectivity index is 2.24. The SMILES string of the molecule is CCN1c2c(C)c(C(F)(F)F)c3c(c2C=CC1CC(F)(F)F)CC(=O)N3. The van der Waals surface area contributed by atoms with Gasteiger partial charge in [-0.3, -0.25) is 4.79 Å². The van der Waals surface area contributed by atoms with E-state index in [2.05, 4.69) is 5.32 Å². The Kier molecular flexibility index (Phi) is 4.23. The second kappa shape index (κ2) is 5.92. The summed E-state index contributed by atoms with van der Waals surface area (Å²) in [5.74, 6) is -0.563. The van der Waals surface area contributed by atoms with Crippen molar-refractivity contribution in [3.63, 3.8) is 0 Å². The number of fused-ring (bicyclic) bond motifs is 3. The van der Waals surface area contributed by atoms with E-state index in [0.29, 0.717) is 5.56 Å². The van der Waals surface area contributed by atoms with Gasteiger partial charge in [0.2, 0.25) is 5.91 Å². The topological polar surface area (TPSA) is 32.3 Å². The number of nitrogens with zero attached hydrogens (tertiary/aromatic N) is 1. The first-order valence-electron chi connectivity index (χ1n) is 8.02. The zero-order valence-corrected chi connectivity index (χ0v) is 14.0. The molecule has 0 aromatic heterocycles. The summed E-state index contributed by atoms with van der Waals surface area (Å²) in [5.41, 5.74) is -0.767. The van der Waals surface area contributed by atoms with Crippen LogP contribution in [-0.4, -0.2) is 24.7 Å². The number of carbonyl (C=O) groups is 1. The van der Waals surface area contributed by atoms with E-state index in [0.717, 1.165) is 0 Å². The molecule has 1 N–H and O–H groups in total. The van der Waals surface area contributed by atoms with Crippen molar-refractivity contribution in [2.24, 2.45) is 0 Å². The molecule has 3 rings (SSSR count). The van der Waals surface area contributed by atoms with Gasteiger partial charge < -0.3 is 10.2 Å². The fourth-order valence-corrected chi connectivity index (χ4v) is 3.79. The van der Waals surface area contributed by atoms with E-state index in [4.69, 9.17) is 0 Å². The van der Waals surface area contributed by atoms with Gasteiger partial charge in [-0.25, -0.2) is 0 Å². The molecule has 1 unspecified atom stereocenters. The molecular weight excluding hydrogens is 362 g/mol. The molecule has 0 saturated carbocycles. The van der Waals surface area contributed by atoms with Gasteiger partial charge in [-0.1, -0.05) is 12.2 Å². The van der Waals surface area contributed by atoms with Crippen LogP contribution < -0.4 is 10.2 Å². The number of likely N-dealkylation sites (N-methyl/N-ethyl adjacent to an activating group) is 1. The third-order valence-electron chi connectivity index (χ3n) is 4.70. The maximum atomic E-state index is 13.6. The lowest BCUT2D eigenvalue weighted by atomic mass is 9.88. The van der Waals surface area contributed by atoms with Gasteiger partial charge in [0.05, 0.1) is 30.1 Å². The number of halogens is 6. The number of nitrogens with one attached hydrogen (secondary N) is 1. The minimum Gasteiger partial charge on any atom is -0.364 e. The molecular formula is C17H16F6N2O. The summed E-state index contributed by atoms with van der Waals surface area (Å²) >= 11 is 0. The Morgan fingerprint density at radius 3 is 2.42 bits per heavy atom. The summed E-state index contributed by atoms with van der Waals surface area (Å²) in [6, 6.07) is -1.09. The lowest BCUT2D eigenvalue weighted by Gasteiger charge is -2.38. The average Bonchev–Trinajstić information content (AvgIpc) is 2.85. The number of carbonyl (C=O) groups excluding carboxylic acids is 1. The summed E-state index contributed by atoms with van der Waals surface area (Å²) in [4.78, 5) is 13.0. The molecule has 1 aromatic carbocycles. The molecule has 2 heterocycles. The van der Waals surface area contributed by atoms with Crippen LogP contribution >= 0.6 is 0 Å². The van der Waals surface area contributed by atoms with E-state index in [1.165, 1.54) is 24.0 Å². The predicted octanol–water partition coefficient (Wildman–Crippen LogP) is 4.68. The molecule has 3 nitrogen and oxygen atoms in total. The Bertz CT molecular complexity index is 794. The Morgan fingerprint density at radius 1 is 1.23 bits per heavy atom. The second-order valence-electron chi connectivity index (χ2n) is 6.37. The van der Waals surface area contributed by atoms with Gasteiger partial charge in [0.1, 0.15) is 0 Å². The zero-order valence-electron chi connectivity index (χ0n) is 14.0. The standard InChI is InChI=1S/C17H16F6N2O/c1-3-25-9(7-16(18,19)20)4-5-10-11-6-12(26)24-14(11)13(17(21,22)23)8(2)15(10)25/h4-5,9H,3,6-7H2,1-2H3,(H,24,26). The van der Waals surface area contributed by atoms with Gasteiger partial charge in [0.15, 0.2) is 0 Å². The first-order valence-corrected chi connectivity index (χ1v) is 8.02. The minimum absolute atomic E-state index is 0.108. The molecule has 9 heteroatoms. The van der Waals surface area contributed by atoms with Crippen molar-refractivity contribution in [3.05, 3.63) is 28.3 Å². The number of hydrogen-bond donors (Lipinski definition) is 1. The number of amides is 1. The maximum Gasteiger partial charge on any atom is 0.418 e. The number of alkyl halides is 6. The van der Waals surface area contributed by atoms with Gasteiger partial charge in [-0.2, -0.15) is 26.3 Å². The fourth-order valence-electron chi connectivity index (χ4n) is 3.79. The monoisotopic (exact) mass is 378 g/mol. The fraction of sp³-hybridized carbons (Fsp3) is 0.471. The molecule has 1 atom stereocenters. The van der Waals surface area contributed by atoms with Crippen LogP contribution in [0.3, 0.4) is 0 Å². The second-order valence-corrected chi connectivity index (χ2v) is 6.37. The molecule has 1 aromatic rings. The van der Waals surface area contributed by atoms with Crippen LogP contribution in [0.5, 0.6) is 0 Å². The molecule has 142 valence electrons. The van der Waals surface area contributed by atoms with E-state index >= 15 is 0 Å². The normalized spacial score (nSPS) is 19.5. The average molecular weight is 378 g/mol. The van der Waals surface area contributed by atoms with E-state index in [1.54, 1.807) is 6.92 Å². The highest BCUT2D eigenvalue weighted by atomic mass is 19.4. The highest BCUT2D eigenvalue weighted by Gasteiger charge is 2.44. The Hall–Kier alpha value is -2.19. The summed E-state index contributed by atoms with van der Waals surface area (Å²) in [5, 5.41) is 2.25. The number of benzene rings is 1. The van der Waals surface area contributed by atoms with Crippen LogP contribution in [0.4, 0.5) is 37.7 Å². The van der Waals surface area contributed by atoms with Crippen LogP contribution in [-0.2, 0) is 17.4 Å². The quantitative estimate of drug-likeness (QED) is 0.758. The molecule has 0 radical (unpaired) electrons. The molecule has 0 fully saturated rings. The van der Waals surface area contributed by atoms with Gasteiger partial charge >= 0.3 is 12.4 Å². The molecule has 0 saturated heterocycles. The largest absolute Gasteiger partial charge is 0.418 e. The lowest BCUT2D eigenvalue weighted by molar-refractivity contribution is -0.138. The van der Waals surface area contributed by atoms with E-state index in [9.17, 15) is 31.1 Å². The number of rotatable bonds is 2. The van der Waals surface area contributed by atoms with Gasteiger partial charge in [0, 0.05) is 17.8 Å². The third kappa shape index (κ3) is 3.03. The predicted molar refractivity (Wildman–Crippen MR) is 85.0 cm³/mol. The van der Waals surface area contributed by atoms with Crippen molar-refractivity contribution in [1.82, 2.24) is 0 Å². The first-order chi connectivity index (χ1) is 11.9. The van der Waals surface area contributed by atoms with Gasteiger partial charge in [0.25, 0.3) is 0 Å². The van der Waals surface area contributed by atoms with Crippen LogP contribution in [0.25, 0.3) is 6.08 Å². The first kappa shape index (κ1) is 18.6. The van der Waals surface area contributed by atoms with Crippen molar-refractivity contribution >= 4 is 23.4 Å². The van der Waals surface area contributed by atoms with Crippen molar-refractivity contribution in [2.45, 2.75) is 45.1 Å². The smallest absolute Gasteiger partial charge is 0.364 e. The highest BCUT2D eigenvalue weighted by molar-refractivity contribution is 6.04. The third-order valence-corrected chi connectivity index (χ3v) is 4.70. The molecule has 0 aliphatic carbocycles. The van der Waals surface area contributed by atoms with E-state index in [-0.39, 0.29) is 35.5 Å². The molecule has 2 aliphatic heterocycles. The maximum absolute atomic E-state index is 13.6. The van der Waals surface area contributed by atoms with Crippen LogP contribution in [0.15, 0.2) is 6.08 Å². The molecule has 0 bridgehead atoms. The number of anilines is 2. The summed E-state index contributed by atoms with van der Waals surface area (Å²) < 4.78 is 79.5. The van der Waals surface area contributed by atoms with Crippen LogP contribution in [0.1, 0.15) is 35.6 Å². The van der Waals surface area contributed by atoms with E-state index in [1.807, 2.05) is 0 Å². The molecule has 0 spiro atoms. The van der Waals surface area contributed by atoms with Crippen molar-refractivity contribution in [1.29, 1.82) is 0 Å². The molecule has 2 aliphatic rings. The summed E-state index contributed by atoms with van der Waals surface area (Å²) in [7, 11) is 0. The Morgan fingerprint density at radius 2 is 1.88 bits per heavy atom. The van der Waals surface area contributed by atoms with Crippen LogP contribution in [0.2, 0.25) is 0 Å². The summed E-state index contributed by atoms with van der Waals surface area (Å²) in [6.07, 6.45) is -7.83. The highest BCUT2D eigenvalue weighted by Crippen LogP contribution is 2.49. The van der Waals surface area contributed by atoms with Crippen LogP contribution in [0, 0.1) is 6.92 Å². The molecule has 1 amide bonds. The van der Waals surface area contributed by atoms with E-state index < -0.39 is 36.3 Å². The summed E-state index contributed by atoms with van der Waals surface area (Å²) in [6.45, 7) is 2.94. The minimum atomic E-state index is -4.74. The zero-order chi connectivity index (χ0) is 19.4. The van der Waals surface area contributed by atoms with Crippen molar-refractivity contribution in [3.8, 4) is 0 Å². The Labute approximate surface area is 145 Å². The van der Waals surface area contributed by atoms with Gasteiger partial charge in [-0.15, -0.1) is 0 Å². The van der Waals surface area contributed by atoms with Crippen molar-refractivity contribution in [2.75, 3.05) is 16.8 Å². The van der Waals surface area contributed by atoms with Crippen molar-refractivity contribution < 1.29 is 31.1 Å². The number of hydrogen-bond acceptors (Lipinski definition) is 2. The lowest BCUT2D eigenvalue weighted by Crippen LogP contribution is -2.40. The molecule has 26 heavy (non-hydrogen) atoms. The van der Waals surface area contributed by atoms with Gasteiger partial charge in [-0.05, 0) is 25.0 Å².